The lowest BCUT2D eigenvalue weighted by atomic mass is 10.1. The molecule has 1 aliphatic rings. The molecule has 34 heavy (non-hydrogen) atoms. The van der Waals surface area contributed by atoms with E-state index >= 15 is 0 Å². The van der Waals surface area contributed by atoms with E-state index in [0.717, 1.165) is 54.1 Å². The van der Waals surface area contributed by atoms with Crippen molar-refractivity contribution in [2.24, 2.45) is 0 Å². The molecule has 6 rings (SSSR count). The average Bonchev–Trinajstić information content (AvgIpc) is 3.30. The molecule has 4 heterocycles. The van der Waals surface area contributed by atoms with Gasteiger partial charge in [-0.2, -0.15) is 0 Å². The Kier molecular flexibility index (Phi) is 5.45. The molecule has 1 N–H and O–H groups in total. The van der Waals surface area contributed by atoms with Crippen LogP contribution in [0.15, 0.2) is 79.6 Å². The van der Waals surface area contributed by atoms with Crippen molar-refractivity contribution in [3.05, 3.63) is 102 Å². The number of hydrogen-bond acceptors (Lipinski definition) is 6. The Balaban J connectivity index is 1.19. The maximum atomic E-state index is 6.06. The molecule has 0 atom stereocenters. The van der Waals surface area contributed by atoms with Crippen molar-refractivity contribution in [1.82, 2.24) is 29.8 Å². The van der Waals surface area contributed by atoms with E-state index in [9.17, 15) is 0 Å². The van der Waals surface area contributed by atoms with Gasteiger partial charge in [-0.15, -0.1) is 0 Å². The number of hydrogen-bond donors (Lipinski definition) is 1. The van der Waals surface area contributed by atoms with Gasteiger partial charge in [0.15, 0.2) is 5.82 Å². The van der Waals surface area contributed by atoms with E-state index < -0.39 is 0 Å². The normalized spacial score (nSPS) is 13.6. The predicted molar refractivity (Wildman–Crippen MR) is 130 cm³/mol. The fraction of sp³-hybridized carbons (Fsp3) is 0.185. The molecule has 2 aromatic carbocycles. The van der Waals surface area contributed by atoms with E-state index in [-0.39, 0.29) is 0 Å². The third-order valence-corrected chi connectivity index (χ3v) is 6.22. The Hall–Kier alpha value is -4.10. The molecular formula is C27H24N6O. The first-order chi connectivity index (χ1) is 16.8. The first kappa shape index (κ1) is 20.5. The first-order valence-electron chi connectivity index (χ1n) is 11.4. The lowest BCUT2D eigenvalue weighted by molar-refractivity contribution is 0.242. The summed E-state index contributed by atoms with van der Waals surface area (Å²) in [6.07, 6.45) is 10.0. The number of aromatic amines is 1. The van der Waals surface area contributed by atoms with Crippen molar-refractivity contribution in [3.63, 3.8) is 0 Å². The molecule has 0 radical (unpaired) electrons. The van der Waals surface area contributed by atoms with Crippen molar-refractivity contribution in [2.75, 3.05) is 6.54 Å². The third-order valence-electron chi connectivity index (χ3n) is 6.22. The zero-order valence-electron chi connectivity index (χ0n) is 18.7. The maximum absolute atomic E-state index is 6.06. The van der Waals surface area contributed by atoms with Crippen LogP contribution in [0, 0.1) is 0 Å². The van der Waals surface area contributed by atoms with Crippen LogP contribution in [0.25, 0.3) is 22.3 Å². The highest BCUT2D eigenvalue weighted by molar-refractivity contribution is 5.84. The fourth-order valence-corrected chi connectivity index (χ4v) is 4.41. The van der Waals surface area contributed by atoms with Crippen LogP contribution in [0.1, 0.15) is 22.4 Å². The zero-order chi connectivity index (χ0) is 22.7. The summed E-state index contributed by atoms with van der Waals surface area (Å²) in [5.41, 5.74) is 6.66. The highest BCUT2D eigenvalue weighted by Gasteiger charge is 2.20. The van der Waals surface area contributed by atoms with Crippen molar-refractivity contribution in [1.29, 1.82) is 0 Å². The van der Waals surface area contributed by atoms with Crippen LogP contribution in [-0.4, -0.2) is 36.4 Å². The molecule has 0 bridgehead atoms. The van der Waals surface area contributed by atoms with Crippen molar-refractivity contribution in [3.8, 4) is 17.1 Å². The highest BCUT2D eigenvalue weighted by Crippen LogP contribution is 2.27. The van der Waals surface area contributed by atoms with Gasteiger partial charge in [-0.3, -0.25) is 4.90 Å². The van der Waals surface area contributed by atoms with Crippen molar-refractivity contribution >= 4 is 10.9 Å². The SMILES string of the molecule is c1ccc(COc2ccc3[nH]cc(CN4CCc5cnc(-c6cncnc6)nc5C4)c3c2)cc1. The standard InChI is InChI=1S/C27H24N6O/c1-2-4-19(5-3-1)17-34-23-6-7-25-24(10-23)22(14-30-25)15-33-9-8-20-13-31-27(32-26(20)16-33)21-11-28-18-29-12-21/h1-7,10-14,18,30H,8-9,15-17H2. The molecule has 168 valence electrons. The third kappa shape index (κ3) is 4.25. The second-order valence-corrected chi connectivity index (χ2v) is 8.55. The Labute approximate surface area is 197 Å². The van der Waals surface area contributed by atoms with Crippen LogP contribution in [0.2, 0.25) is 0 Å². The highest BCUT2D eigenvalue weighted by atomic mass is 16.5. The number of aromatic nitrogens is 5. The quantitative estimate of drug-likeness (QED) is 0.410. The van der Waals surface area contributed by atoms with Gasteiger partial charge in [0.2, 0.25) is 0 Å². The molecule has 0 saturated heterocycles. The van der Waals surface area contributed by atoms with Crippen LogP contribution >= 0.6 is 0 Å². The molecule has 0 fully saturated rings. The minimum Gasteiger partial charge on any atom is -0.489 e. The summed E-state index contributed by atoms with van der Waals surface area (Å²) in [4.78, 5) is 23.4. The van der Waals surface area contributed by atoms with Crippen molar-refractivity contribution in [2.45, 2.75) is 26.1 Å². The summed E-state index contributed by atoms with van der Waals surface area (Å²) >= 11 is 0. The van der Waals surface area contributed by atoms with Gasteiger partial charge in [-0.25, -0.2) is 19.9 Å². The summed E-state index contributed by atoms with van der Waals surface area (Å²) in [7, 11) is 0. The summed E-state index contributed by atoms with van der Waals surface area (Å²) in [5, 5.41) is 1.20. The zero-order valence-corrected chi connectivity index (χ0v) is 18.7. The smallest absolute Gasteiger partial charge is 0.162 e. The summed E-state index contributed by atoms with van der Waals surface area (Å²) in [6.45, 7) is 3.16. The molecule has 0 saturated carbocycles. The molecule has 0 spiro atoms. The minimum absolute atomic E-state index is 0.559. The first-order valence-corrected chi connectivity index (χ1v) is 11.4. The van der Waals surface area contributed by atoms with Gasteiger partial charge in [-0.05, 0) is 41.3 Å². The minimum atomic E-state index is 0.559. The van der Waals surface area contributed by atoms with Gasteiger partial charge in [0.05, 0.1) is 11.3 Å². The average molecular weight is 449 g/mol. The van der Waals surface area contributed by atoms with Crippen LogP contribution in [0.5, 0.6) is 5.75 Å². The second-order valence-electron chi connectivity index (χ2n) is 8.55. The molecule has 3 aromatic heterocycles. The van der Waals surface area contributed by atoms with Gasteiger partial charge >= 0.3 is 0 Å². The molecule has 7 nitrogen and oxygen atoms in total. The Morgan fingerprint density at radius 3 is 2.76 bits per heavy atom. The van der Waals surface area contributed by atoms with Gasteiger partial charge < -0.3 is 9.72 Å². The largest absolute Gasteiger partial charge is 0.489 e. The molecule has 5 aromatic rings. The van der Waals surface area contributed by atoms with Crippen LogP contribution in [-0.2, 0) is 26.1 Å². The number of ether oxygens (including phenoxy) is 1. The topological polar surface area (TPSA) is 79.8 Å². The Morgan fingerprint density at radius 1 is 1.00 bits per heavy atom. The summed E-state index contributed by atoms with van der Waals surface area (Å²) in [6, 6.07) is 16.5. The number of rotatable bonds is 6. The predicted octanol–water partition coefficient (Wildman–Crippen LogP) is 4.55. The van der Waals surface area contributed by atoms with Gasteiger partial charge in [-0.1, -0.05) is 30.3 Å². The van der Waals surface area contributed by atoms with Crippen LogP contribution < -0.4 is 4.74 Å². The maximum Gasteiger partial charge on any atom is 0.162 e. The number of H-pyrrole nitrogens is 1. The van der Waals surface area contributed by atoms with E-state index in [1.807, 2.05) is 30.5 Å². The van der Waals surface area contributed by atoms with E-state index in [4.69, 9.17) is 9.72 Å². The molecule has 0 amide bonds. The lowest BCUT2D eigenvalue weighted by Crippen LogP contribution is -2.31. The van der Waals surface area contributed by atoms with E-state index in [0.29, 0.717) is 12.4 Å². The lowest BCUT2D eigenvalue weighted by Gasteiger charge is -2.27. The number of benzene rings is 2. The second kappa shape index (κ2) is 9.03. The molecule has 7 heteroatoms. The molecule has 0 aliphatic carbocycles. The number of nitrogens with one attached hydrogen (secondary N) is 1. The fourth-order valence-electron chi connectivity index (χ4n) is 4.41. The van der Waals surface area contributed by atoms with Gasteiger partial charge in [0.1, 0.15) is 18.7 Å². The van der Waals surface area contributed by atoms with E-state index in [1.165, 1.54) is 22.8 Å². The Bertz CT molecular complexity index is 1420. The van der Waals surface area contributed by atoms with Gasteiger partial charge in [0.25, 0.3) is 0 Å². The number of fused-ring (bicyclic) bond motifs is 2. The van der Waals surface area contributed by atoms with E-state index in [2.05, 4.69) is 55.3 Å². The van der Waals surface area contributed by atoms with Crippen molar-refractivity contribution < 1.29 is 4.74 Å². The molecular weight excluding hydrogens is 424 g/mol. The van der Waals surface area contributed by atoms with Crippen LogP contribution in [0.4, 0.5) is 0 Å². The van der Waals surface area contributed by atoms with E-state index in [1.54, 1.807) is 12.4 Å². The molecule has 0 unspecified atom stereocenters. The Morgan fingerprint density at radius 2 is 1.88 bits per heavy atom. The molecule has 1 aliphatic heterocycles. The monoisotopic (exact) mass is 448 g/mol. The summed E-state index contributed by atoms with van der Waals surface area (Å²) in [5.74, 6) is 1.55. The van der Waals surface area contributed by atoms with Crippen LogP contribution in [0.3, 0.4) is 0 Å². The van der Waals surface area contributed by atoms with Gasteiger partial charge in [0, 0.05) is 55.3 Å². The number of nitrogens with zero attached hydrogens (tertiary/aromatic N) is 5. The summed E-state index contributed by atoms with van der Waals surface area (Å²) < 4.78 is 6.06.